The van der Waals surface area contributed by atoms with Crippen molar-refractivity contribution in [2.24, 2.45) is 11.1 Å². The fourth-order valence-corrected chi connectivity index (χ4v) is 1.85. The minimum Gasteiger partial charge on any atom is -0.479 e. The third kappa shape index (κ3) is 3.95. The van der Waals surface area contributed by atoms with Gasteiger partial charge in [0.2, 0.25) is 5.91 Å². The maximum absolute atomic E-state index is 12.0. The molecule has 20 heavy (non-hydrogen) atoms. The van der Waals surface area contributed by atoms with E-state index >= 15 is 0 Å². The Labute approximate surface area is 123 Å². The molecule has 0 saturated heterocycles. The van der Waals surface area contributed by atoms with Crippen molar-refractivity contribution < 1.29 is 14.7 Å². The van der Waals surface area contributed by atoms with Crippen LogP contribution in [0.2, 0.25) is 5.02 Å². The molecule has 2 atom stereocenters. The van der Waals surface area contributed by atoms with Gasteiger partial charge in [-0.1, -0.05) is 50.6 Å². The molecule has 0 aliphatic heterocycles. The predicted octanol–water partition coefficient (Wildman–Crippen LogP) is 1.96. The molecule has 1 aromatic rings. The summed E-state index contributed by atoms with van der Waals surface area (Å²) in [6.45, 7) is 5.42. The first kappa shape index (κ1) is 16.5. The molecule has 1 aromatic carbocycles. The fraction of sp³-hybridized carbons (Fsp3) is 0.429. The second kappa shape index (κ2) is 6.24. The number of hydrogen-bond donors (Lipinski definition) is 3. The maximum atomic E-state index is 12.0. The van der Waals surface area contributed by atoms with E-state index in [-0.39, 0.29) is 5.02 Å². The maximum Gasteiger partial charge on any atom is 0.330 e. The summed E-state index contributed by atoms with van der Waals surface area (Å²) in [4.78, 5) is 23.4. The lowest BCUT2D eigenvalue weighted by molar-refractivity contribution is -0.142. The van der Waals surface area contributed by atoms with Crippen LogP contribution in [0.5, 0.6) is 0 Å². The van der Waals surface area contributed by atoms with Gasteiger partial charge in [0.25, 0.3) is 0 Å². The van der Waals surface area contributed by atoms with Crippen LogP contribution in [0, 0.1) is 5.41 Å². The van der Waals surface area contributed by atoms with Gasteiger partial charge in [-0.05, 0) is 11.5 Å². The Morgan fingerprint density at radius 3 is 2.30 bits per heavy atom. The molecule has 0 bridgehead atoms. The number of carbonyl (C=O) groups excluding carboxylic acids is 1. The van der Waals surface area contributed by atoms with Crippen molar-refractivity contribution in [3.8, 4) is 0 Å². The summed E-state index contributed by atoms with van der Waals surface area (Å²) in [6, 6.07) is 4.45. The molecular weight excluding hydrogens is 280 g/mol. The van der Waals surface area contributed by atoms with E-state index in [2.05, 4.69) is 5.32 Å². The Bertz CT molecular complexity index is 511. The minimum atomic E-state index is -1.22. The van der Waals surface area contributed by atoms with Gasteiger partial charge in [0.05, 0.1) is 6.04 Å². The molecule has 1 amide bonds. The van der Waals surface area contributed by atoms with E-state index in [4.69, 9.17) is 17.3 Å². The van der Waals surface area contributed by atoms with Crippen molar-refractivity contribution in [2.75, 3.05) is 0 Å². The topological polar surface area (TPSA) is 92.4 Å². The summed E-state index contributed by atoms with van der Waals surface area (Å²) < 4.78 is 0. The number of nitrogens with one attached hydrogen (secondary N) is 1. The molecule has 0 aliphatic carbocycles. The van der Waals surface area contributed by atoms with Crippen molar-refractivity contribution in [1.82, 2.24) is 5.32 Å². The molecule has 0 radical (unpaired) electrons. The molecule has 6 heteroatoms. The van der Waals surface area contributed by atoms with Gasteiger partial charge in [0.15, 0.2) is 6.04 Å². The highest BCUT2D eigenvalue weighted by molar-refractivity contribution is 6.31. The van der Waals surface area contributed by atoms with E-state index in [1.165, 1.54) is 0 Å². The molecule has 0 spiro atoms. The van der Waals surface area contributed by atoms with Gasteiger partial charge >= 0.3 is 5.97 Å². The molecule has 0 aliphatic rings. The quantitative estimate of drug-likeness (QED) is 0.792. The van der Waals surface area contributed by atoms with Crippen molar-refractivity contribution in [3.05, 3.63) is 34.9 Å². The number of aliphatic carboxylic acids is 1. The van der Waals surface area contributed by atoms with Crippen molar-refractivity contribution in [3.63, 3.8) is 0 Å². The Hall–Kier alpha value is -1.59. The molecule has 0 saturated carbocycles. The molecule has 4 N–H and O–H groups in total. The summed E-state index contributed by atoms with van der Waals surface area (Å²) in [7, 11) is 0. The highest BCUT2D eigenvalue weighted by atomic mass is 35.5. The molecular formula is C14H19ClN2O3. The average Bonchev–Trinajstić information content (AvgIpc) is 2.34. The molecule has 1 rings (SSSR count). The number of carboxylic acids is 1. The summed E-state index contributed by atoms with van der Waals surface area (Å²) in [5.41, 5.74) is 5.69. The van der Waals surface area contributed by atoms with Gasteiger partial charge in [0.1, 0.15) is 0 Å². The van der Waals surface area contributed by atoms with E-state index in [1.54, 1.807) is 24.3 Å². The zero-order chi connectivity index (χ0) is 15.5. The fourth-order valence-electron chi connectivity index (χ4n) is 1.61. The third-order valence-electron chi connectivity index (χ3n) is 2.97. The number of carbonyl (C=O) groups is 2. The van der Waals surface area contributed by atoms with Crippen LogP contribution in [0.15, 0.2) is 24.3 Å². The van der Waals surface area contributed by atoms with E-state index in [9.17, 15) is 14.7 Å². The van der Waals surface area contributed by atoms with E-state index < -0.39 is 29.4 Å². The first-order valence-electron chi connectivity index (χ1n) is 6.17. The van der Waals surface area contributed by atoms with E-state index in [0.29, 0.717) is 5.56 Å². The number of carboxylic acid groups (broad SMARTS) is 1. The zero-order valence-electron chi connectivity index (χ0n) is 11.7. The summed E-state index contributed by atoms with van der Waals surface area (Å²) in [6.07, 6.45) is 0. The standard InChI is InChI=1S/C14H19ClN2O3/c1-14(2,3)11(16)12(18)17-10(13(19)20)8-6-4-5-7-9(8)15/h4-7,10-11H,16H2,1-3H3,(H,17,18)(H,19,20)/t10-,11-/m1/s1. The molecule has 0 heterocycles. The highest BCUT2D eigenvalue weighted by Gasteiger charge is 2.31. The minimum absolute atomic E-state index is 0.282. The predicted molar refractivity (Wildman–Crippen MR) is 77.4 cm³/mol. The van der Waals surface area contributed by atoms with Crippen LogP contribution in [0.3, 0.4) is 0 Å². The van der Waals surface area contributed by atoms with Crippen LogP contribution in [-0.4, -0.2) is 23.0 Å². The molecule has 0 unspecified atom stereocenters. The Morgan fingerprint density at radius 1 is 1.30 bits per heavy atom. The van der Waals surface area contributed by atoms with Gasteiger partial charge in [0, 0.05) is 10.6 Å². The van der Waals surface area contributed by atoms with Gasteiger partial charge in [-0.2, -0.15) is 0 Å². The van der Waals surface area contributed by atoms with Crippen LogP contribution < -0.4 is 11.1 Å². The van der Waals surface area contributed by atoms with E-state index in [1.807, 2.05) is 20.8 Å². The highest BCUT2D eigenvalue weighted by Crippen LogP contribution is 2.24. The normalized spacial score (nSPS) is 14.4. The summed E-state index contributed by atoms with van der Waals surface area (Å²) in [5.74, 6) is -1.71. The van der Waals surface area contributed by atoms with Gasteiger partial charge in [-0.3, -0.25) is 4.79 Å². The van der Waals surface area contributed by atoms with Gasteiger partial charge in [-0.25, -0.2) is 4.79 Å². The smallest absolute Gasteiger partial charge is 0.330 e. The summed E-state index contributed by atoms with van der Waals surface area (Å²) >= 11 is 5.97. The van der Waals surface area contributed by atoms with Crippen LogP contribution in [0.4, 0.5) is 0 Å². The average molecular weight is 299 g/mol. The largest absolute Gasteiger partial charge is 0.479 e. The number of halogens is 1. The third-order valence-corrected chi connectivity index (χ3v) is 3.31. The lowest BCUT2D eigenvalue weighted by Gasteiger charge is -2.27. The van der Waals surface area contributed by atoms with Gasteiger partial charge in [-0.15, -0.1) is 0 Å². The van der Waals surface area contributed by atoms with Crippen LogP contribution >= 0.6 is 11.6 Å². The number of amides is 1. The zero-order valence-corrected chi connectivity index (χ0v) is 12.4. The molecule has 110 valence electrons. The number of rotatable bonds is 4. The van der Waals surface area contributed by atoms with Crippen molar-refractivity contribution in [2.45, 2.75) is 32.9 Å². The van der Waals surface area contributed by atoms with E-state index in [0.717, 1.165) is 0 Å². The Kier molecular flexibility index (Phi) is 5.14. The SMILES string of the molecule is CC(C)(C)[C@H](N)C(=O)N[C@@H](C(=O)O)c1ccccc1Cl. The second-order valence-corrected chi connectivity index (χ2v) is 6.05. The number of hydrogen-bond acceptors (Lipinski definition) is 3. The first-order chi connectivity index (χ1) is 9.14. The number of nitrogens with two attached hydrogens (primary N) is 1. The molecule has 0 aromatic heterocycles. The van der Waals surface area contributed by atoms with Gasteiger partial charge < -0.3 is 16.2 Å². The second-order valence-electron chi connectivity index (χ2n) is 5.65. The van der Waals surface area contributed by atoms with Crippen LogP contribution in [0.25, 0.3) is 0 Å². The lowest BCUT2D eigenvalue weighted by atomic mass is 9.86. The molecule has 5 nitrogen and oxygen atoms in total. The summed E-state index contributed by atoms with van der Waals surface area (Å²) in [5, 5.41) is 12.0. The van der Waals surface area contributed by atoms with Crippen molar-refractivity contribution in [1.29, 1.82) is 0 Å². The first-order valence-corrected chi connectivity index (χ1v) is 6.55. The lowest BCUT2D eigenvalue weighted by Crippen LogP contribution is -2.50. The van der Waals surface area contributed by atoms with Crippen LogP contribution in [0.1, 0.15) is 32.4 Å². The van der Waals surface area contributed by atoms with Crippen molar-refractivity contribution >= 4 is 23.5 Å². The Morgan fingerprint density at radius 2 is 1.85 bits per heavy atom. The number of benzene rings is 1. The molecule has 0 fully saturated rings. The Balaban J connectivity index is 2.99. The monoisotopic (exact) mass is 298 g/mol. The van der Waals surface area contributed by atoms with Crippen LogP contribution in [-0.2, 0) is 9.59 Å².